The lowest BCUT2D eigenvalue weighted by atomic mass is 10.1. The monoisotopic (exact) mass is 467 g/mol. The second-order valence-corrected chi connectivity index (χ2v) is 8.40. The van der Waals surface area contributed by atoms with E-state index in [-0.39, 0.29) is 5.91 Å². The first-order chi connectivity index (χ1) is 15.7. The smallest absolute Gasteiger partial charge is 0.258 e. The molecule has 0 unspecified atom stereocenters. The number of benzene rings is 2. The van der Waals surface area contributed by atoms with E-state index in [0.717, 1.165) is 37.3 Å². The van der Waals surface area contributed by atoms with Crippen LogP contribution in [0, 0.1) is 0 Å². The molecule has 164 valence electrons. The van der Waals surface area contributed by atoms with Crippen LogP contribution in [0.25, 0.3) is 0 Å². The highest BCUT2D eigenvalue weighted by atomic mass is 35.5. The van der Waals surface area contributed by atoms with Crippen molar-refractivity contribution in [3.63, 3.8) is 0 Å². The Kier molecular flexibility index (Phi) is 7.47. The van der Waals surface area contributed by atoms with Crippen LogP contribution < -0.4 is 10.1 Å². The quantitative estimate of drug-likeness (QED) is 0.322. The van der Waals surface area contributed by atoms with Gasteiger partial charge in [-0.15, -0.1) is 16.4 Å². The first-order valence-corrected chi connectivity index (χ1v) is 11.5. The van der Waals surface area contributed by atoms with Gasteiger partial charge in [-0.1, -0.05) is 41.1 Å². The Morgan fingerprint density at radius 1 is 1.12 bits per heavy atom. The Hall–Kier alpha value is -3.23. The standard InChI is InChI=1S/C23H22ClN5O2S/c24-21-7-2-1-6-20(21)22(30)27-23-26-18(16-32-23)15-31-19-10-8-17(9-11-19)5-3-4-13-29-14-12-25-28-29/h1-2,6-12,14,16H,3-5,13,15H2,(H,26,27,30). The van der Waals surface area contributed by atoms with E-state index in [4.69, 9.17) is 16.3 Å². The SMILES string of the molecule is O=C(Nc1nc(COc2ccc(CCCCn3ccnn3)cc2)cs1)c1ccccc1Cl. The number of amides is 1. The number of halogens is 1. The number of carbonyl (C=O) groups is 1. The maximum Gasteiger partial charge on any atom is 0.258 e. The Morgan fingerprint density at radius 3 is 2.75 bits per heavy atom. The number of nitrogens with zero attached hydrogens (tertiary/aromatic N) is 4. The zero-order valence-electron chi connectivity index (χ0n) is 17.3. The Labute approximate surface area is 195 Å². The molecule has 0 fully saturated rings. The first-order valence-electron chi connectivity index (χ1n) is 10.2. The molecule has 1 amide bonds. The average Bonchev–Trinajstić information content (AvgIpc) is 3.48. The maximum absolute atomic E-state index is 12.3. The largest absolute Gasteiger partial charge is 0.487 e. The van der Waals surface area contributed by atoms with Gasteiger partial charge in [0, 0.05) is 18.1 Å². The van der Waals surface area contributed by atoms with Crippen molar-refractivity contribution in [1.82, 2.24) is 20.0 Å². The van der Waals surface area contributed by atoms with Crippen molar-refractivity contribution in [2.45, 2.75) is 32.4 Å². The van der Waals surface area contributed by atoms with Crippen molar-refractivity contribution in [3.8, 4) is 5.75 Å². The van der Waals surface area contributed by atoms with Crippen LogP contribution in [0.4, 0.5) is 5.13 Å². The zero-order valence-corrected chi connectivity index (χ0v) is 18.9. The van der Waals surface area contributed by atoms with Gasteiger partial charge in [0.15, 0.2) is 5.13 Å². The van der Waals surface area contributed by atoms with E-state index < -0.39 is 0 Å². The molecular weight excluding hydrogens is 446 g/mol. The molecule has 0 atom stereocenters. The van der Waals surface area contributed by atoms with Crippen LogP contribution >= 0.6 is 22.9 Å². The van der Waals surface area contributed by atoms with Gasteiger partial charge in [0.2, 0.25) is 0 Å². The van der Waals surface area contributed by atoms with Gasteiger partial charge >= 0.3 is 0 Å². The molecule has 0 bridgehead atoms. The number of ether oxygens (including phenoxy) is 1. The van der Waals surface area contributed by atoms with Crippen molar-refractivity contribution in [3.05, 3.63) is 88.1 Å². The predicted molar refractivity (Wildman–Crippen MR) is 125 cm³/mol. The van der Waals surface area contributed by atoms with Crippen molar-refractivity contribution in [2.24, 2.45) is 0 Å². The number of anilines is 1. The fourth-order valence-electron chi connectivity index (χ4n) is 3.11. The Morgan fingerprint density at radius 2 is 1.97 bits per heavy atom. The zero-order chi connectivity index (χ0) is 22.2. The molecule has 9 heteroatoms. The molecule has 7 nitrogen and oxygen atoms in total. The van der Waals surface area contributed by atoms with Gasteiger partial charge in [-0.2, -0.15) is 0 Å². The predicted octanol–water partition coefficient (Wildman–Crippen LogP) is 5.24. The molecule has 0 aliphatic carbocycles. The van der Waals surface area contributed by atoms with Gasteiger partial charge in [0.05, 0.1) is 22.5 Å². The summed E-state index contributed by atoms with van der Waals surface area (Å²) in [5.41, 5.74) is 2.44. The molecule has 0 saturated heterocycles. The summed E-state index contributed by atoms with van der Waals surface area (Å²) < 4.78 is 7.69. The summed E-state index contributed by atoms with van der Waals surface area (Å²) in [6.07, 6.45) is 6.73. The summed E-state index contributed by atoms with van der Waals surface area (Å²) in [5.74, 6) is 0.500. The van der Waals surface area contributed by atoms with Gasteiger partial charge in [-0.3, -0.25) is 14.8 Å². The number of aromatic nitrogens is 4. The summed E-state index contributed by atoms with van der Waals surface area (Å²) in [5, 5.41) is 13.3. The average molecular weight is 468 g/mol. The highest BCUT2D eigenvalue weighted by molar-refractivity contribution is 7.14. The van der Waals surface area contributed by atoms with E-state index in [1.807, 2.05) is 28.4 Å². The summed E-state index contributed by atoms with van der Waals surface area (Å²) >= 11 is 7.42. The molecule has 0 spiro atoms. The first kappa shape index (κ1) is 22.0. The molecule has 1 N–H and O–H groups in total. The number of hydrogen-bond donors (Lipinski definition) is 1. The van der Waals surface area contributed by atoms with E-state index in [1.54, 1.807) is 30.5 Å². The normalized spacial score (nSPS) is 10.8. The van der Waals surface area contributed by atoms with Crippen LogP contribution in [0.15, 0.2) is 66.3 Å². The van der Waals surface area contributed by atoms with Crippen LogP contribution in [0.2, 0.25) is 5.02 Å². The number of nitrogens with one attached hydrogen (secondary N) is 1. The highest BCUT2D eigenvalue weighted by Gasteiger charge is 2.12. The Bertz CT molecular complexity index is 1150. The third-order valence-electron chi connectivity index (χ3n) is 4.78. The highest BCUT2D eigenvalue weighted by Crippen LogP contribution is 2.21. The maximum atomic E-state index is 12.3. The van der Waals surface area contributed by atoms with Gasteiger partial charge < -0.3 is 4.74 Å². The van der Waals surface area contributed by atoms with Gasteiger partial charge in [0.25, 0.3) is 5.91 Å². The third kappa shape index (κ3) is 6.15. The molecule has 4 aromatic rings. The summed E-state index contributed by atoms with van der Waals surface area (Å²) in [7, 11) is 0. The molecule has 0 saturated carbocycles. The Balaban J connectivity index is 1.21. The van der Waals surface area contributed by atoms with E-state index >= 15 is 0 Å². The summed E-state index contributed by atoms with van der Waals surface area (Å²) in [6, 6.07) is 15.0. The van der Waals surface area contributed by atoms with Crippen molar-refractivity contribution in [2.75, 3.05) is 5.32 Å². The lowest BCUT2D eigenvalue weighted by Crippen LogP contribution is -2.12. The fraction of sp³-hybridized carbons (Fsp3) is 0.217. The number of rotatable bonds is 10. The molecule has 4 rings (SSSR count). The number of aryl methyl sites for hydroxylation is 2. The summed E-state index contributed by atoms with van der Waals surface area (Å²) in [6.45, 7) is 1.21. The van der Waals surface area contributed by atoms with Crippen molar-refractivity contribution in [1.29, 1.82) is 0 Å². The molecular formula is C23H22ClN5O2S. The molecule has 0 radical (unpaired) electrons. The topological polar surface area (TPSA) is 81.9 Å². The number of unbranched alkanes of at least 4 members (excludes halogenated alkanes) is 1. The van der Waals surface area contributed by atoms with Crippen LogP contribution in [0.3, 0.4) is 0 Å². The molecule has 2 heterocycles. The molecule has 2 aromatic heterocycles. The lowest BCUT2D eigenvalue weighted by molar-refractivity contribution is 0.102. The number of thiazole rings is 1. The van der Waals surface area contributed by atoms with Crippen LogP contribution in [-0.2, 0) is 19.6 Å². The van der Waals surface area contributed by atoms with Gasteiger partial charge in [0.1, 0.15) is 12.4 Å². The number of hydrogen-bond acceptors (Lipinski definition) is 6. The van der Waals surface area contributed by atoms with Crippen LogP contribution in [0.5, 0.6) is 5.75 Å². The van der Waals surface area contributed by atoms with Gasteiger partial charge in [-0.05, 0) is 49.1 Å². The third-order valence-corrected chi connectivity index (χ3v) is 5.91. The summed E-state index contributed by atoms with van der Waals surface area (Å²) in [4.78, 5) is 16.8. The minimum atomic E-state index is -0.283. The van der Waals surface area contributed by atoms with Crippen molar-refractivity contribution < 1.29 is 9.53 Å². The fourth-order valence-corrected chi connectivity index (χ4v) is 4.02. The minimum absolute atomic E-state index is 0.283. The van der Waals surface area contributed by atoms with Crippen LogP contribution in [-0.4, -0.2) is 25.9 Å². The van der Waals surface area contributed by atoms with E-state index in [1.165, 1.54) is 16.9 Å². The van der Waals surface area contributed by atoms with Gasteiger partial charge in [-0.25, -0.2) is 4.98 Å². The number of carbonyl (C=O) groups excluding carboxylic acids is 1. The lowest BCUT2D eigenvalue weighted by Gasteiger charge is -2.06. The molecule has 32 heavy (non-hydrogen) atoms. The molecule has 0 aliphatic rings. The second-order valence-electron chi connectivity index (χ2n) is 7.13. The molecule has 2 aromatic carbocycles. The minimum Gasteiger partial charge on any atom is -0.487 e. The van der Waals surface area contributed by atoms with E-state index in [2.05, 4.69) is 32.7 Å². The van der Waals surface area contributed by atoms with E-state index in [0.29, 0.717) is 22.3 Å². The van der Waals surface area contributed by atoms with Crippen molar-refractivity contribution >= 4 is 34.0 Å². The van der Waals surface area contributed by atoms with E-state index in [9.17, 15) is 4.79 Å². The second kappa shape index (κ2) is 10.9. The van der Waals surface area contributed by atoms with Crippen LogP contribution in [0.1, 0.15) is 34.5 Å². The molecule has 0 aliphatic heterocycles.